The van der Waals surface area contributed by atoms with Crippen molar-refractivity contribution in [1.29, 1.82) is 0 Å². The summed E-state index contributed by atoms with van der Waals surface area (Å²) in [6.45, 7) is 10.9. The standard InChI is InChI=1S/C27H37NO2Si/c1-22(20-29)25-16-18-27(17-11-19-28(25)27)21-30-31(26(2,3)4,23-12-7-5-8-13-23)24-14-9-6-10-15-24/h5-10,12-15,20,22,25H,11,16-19,21H2,1-4H3/t22?,25-,27+/m0/s1. The van der Waals surface area contributed by atoms with Crippen molar-refractivity contribution in [3.05, 3.63) is 60.7 Å². The third-order valence-corrected chi connectivity index (χ3v) is 12.7. The van der Waals surface area contributed by atoms with E-state index in [1.165, 1.54) is 23.2 Å². The van der Waals surface area contributed by atoms with Gasteiger partial charge in [0.05, 0.1) is 6.61 Å². The molecule has 0 bridgehead atoms. The first-order valence-corrected chi connectivity index (χ1v) is 13.7. The molecule has 0 spiro atoms. The third-order valence-electron chi connectivity index (χ3n) is 7.75. The van der Waals surface area contributed by atoms with Gasteiger partial charge in [0.15, 0.2) is 0 Å². The largest absolute Gasteiger partial charge is 0.406 e. The summed E-state index contributed by atoms with van der Waals surface area (Å²) in [5.74, 6) is 0.0906. The lowest BCUT2D eigenvalue weighted by Crippen LogP contribution is -2.68. The van der Waals surface area contributed by atoms with Crippen LogP contribution in [0.3, 0.4) is 0 Å². The molecule has 166 valence electrons. The predicted molar refractivity (Wildman–Crippen MR) is 130 cm³/mol. The Hall–Kier alpha value is -1.75. The van der Waals surface area contributed by atoms with Crippen molar-refractivity contribution in [3.8, 4) is 0 Å². The zero-order valence-corrected chi connectivity index (χ0v) is 20.5. The van der Waals surface area contributed by atoms with Crippen molar-refractivity contribution in [3.63, 3.8) is 0 Å². The van der Waals surface area contributed by atoms with Gasteiger partial charge in [0.2, 0.25) is 0 Å². The number of hydrogen-bond acceptors (Lipinski definition) is 3. The number of fused-ring (bicyclic) bond motifs is 1. The van der Waals surface area contributed by atoms with E-state index in [2.05, 4.69) is 93.3 Å². The zero-order chi connectivity index (χ0) is 22.1. The molecule has 31 heavy (non-hydrogen) atoms. The number of hydrogen-bond donors (Lipinski definition) is 0. The summed E-state index contributed by atoms with van der Waals surface area (Å²) >= 11 is 0. The summed E-state index contributed by atoms with van der Waals surface area (Å²) in [5, 5.41) is 2.67. The van der Waals surface area contributed by atoms with E-state index in [1.54, 1.807) is 0 Å². The normalized spacial score (nSPS) is 25.4. The van der Waals surface area contributed by atoms with Crippen LogP contribution in [-0.2, 0) is 9.22 Å². The maximum absolute atomic E-state index is 11.6. The van der Waals surface area contributed by atoms with E-state index in [0.29, 0.717) is 6.04 Å². The maximum atomic E-state index is 11.6. The molecule has 4 rings (SSSR count). The van der Waals surface area contributed by atoms with Gasteiger partial charge >= 0.3 is 0 Å². The van der Waals surface area contributed by atoms with Crippen LogP contribution in [0.4, 0.5) is 0 Å². The Morgan fingerprint density at radius 2 is 1.65 bits per heavy atom. The van der Waals surface area contributed by atoms with E-state index in [0.717, 1.165) is 32.3 Å². The van der Waals surface area contributed by atoms with Gasteiger partial charge in [-0.1, -0.05) is 88.4 Å². The Morgan fingerprint density at radius 1 is 1.06 bits per heavy atom. The van der Waals surface area contributed by atoms with Gasteiger partial charge in [-0.3, -0.25) is 4.90 Å². The average Bonchev–Trinajstić information content (AvgIpc) is 3.33. The molecule has 0 amide bonds. The molecule has 2 aromatic carbocycles. The molecule has 2 aliphatic rings. The van der Waals surface area contributed by atoms with Gasteiger partial charge in [-0.2, -0.15) is 0 Å². The Kier molecular flexibility index (Phi) is 6.26. The van der Waals surface area contributed by atoms with Gasteiger partial charge in [-0.05, 0) is 47.6 Å². The number of nitrogens with zero attached hydrogens (tertiary/aromatic N) is 1. The summed E-state index contributed by atoms with van der Waals surface area (Å²) < 4.78 is 7.33. The lowest BCUT2D eigenvalue weighted by atomic mass is 9.95. The van der Waals surface area contributed by atoms with E-state index >= 15 is 0 Å². The molecule has 2 aromatic rings. The summed E-state index contributed by atoms with van der Waals surface area (Å²) in [7, 11) is -2.54. The highest BCUT2D eigenvalue weighted by molar-refractivity contribution is 6.99. The van der Waals surface area contributed by atoms with Crippen LogP contribution in [0.2, 0.25) is 5.04 Å². The average molecular weight is 436 g/mol. The fourth-order valence-corrected chi connectivity index (χ4v) is 10.8. The summed E-state index contributed by atoms with van der Waals surface area (Å²) in [6.07, 6.45) is 5.75. The molecule has 3 atom stereocenters. The minimum absolute atomic E-state index is 0.0100. The van der Waals surface area contributed by atoms with Gasteiger partial charge in [-0.15, -0.1) is 0 Å². The van der Waals surface area contributed by atoms with Crippen LogP contribution >= 0.6 is 0 Å². The topological polar surface area (TPSA) is 29.5 Å². The highest BCUT2D eigenvalue weighted by Gasteiger charge is 2.55. The van der Waals surface area contributed by atoms with E-state index < -0.39 is 8.32 Å². The molecule has 4 heteroatoms. The molecule has 0 saturated carbocycles. The van der Waals surface area contributed by atoms with Crippen LogP contribution < -0.4 is 10.4 Å². The Morgan fingerprint density at radius 3 is 2.16 bits per heavy atom. The number of aldehydes is 1. The number of benzene rings is 2. The molecule has 2 heterocycles. The number of rotatable bonds is 7. The lowest BCUT2D eigenvalue weighted by molar-refractivity contribution is -0.112. The molecule has 0 N–H and O–H groups in total. The second-order valence-electron chi connectivity index (χ2n) is 10.6. The smallest absolute Gasteiger partial charge is 0.261 e. The van der Waals surface area contributed by atoms with E-state index in [1.807, 2.05) is 0 Å². The Labute approximate surface area is 188 Å². The fourth-order valence-electron chi connectivity index (χ4n) is 6.19. The van der Waals surface area contributed by atoms with Crippen molar-refractivity contribution < 1.29 is 9.22 Å². The highest BCUT2D eigenvalue weighted by Crippen LogP contribution is 2.46. The maximum Gasteiger partial charge on any atom is 0.261 e. The molecular formula is C27H37NO2Si. The quantitative estimate of drug-likeness (QED) is 0.477. The van der Waals surface area contributed by atoms with Crippen molar-refractivity contribution in [2.24, 2.45) is 5.92 Å². The monoisotopic (exact) mass is 435 g/mol. The first-order valence-electron chi connectivity index (χ1n) is 11.8. The Bertz CT molecular complexity index is 840. The van der Waals surface area contributed by atoms with E-state index in [4.69, 9.17) is 4.43 Å². The van der Waals surface area contributed by atoms with E-state index in [-0.39, 0.29) is 16.5 Å². The number of carbonyl (C=O) groups is 1. The SMILES string of the molecule is CC(C=O)[C@@H]1CC[C@@]2(CO[Si](c3ccccc3)(c3ccccc3)C(C)(C)C)CCCN12. The van der Waals surface area contributed by atoms with Gasteiger partial charge in [-0.25, -0.2) is 0 Å². The summed E-state index contributed by atoms with van der Waals surface area (Å²) in [4.78, 5) is 14.2. The molecule has 3 nitrogen and oxygen atoms in total. The molecule has 2 fully saturated rings. The van der Waals surface area contributed by atoms with Crippen LogP contribution in [0.5, 0.6) is 0 Å². The minimum atomic E-state index is -2.54. The van der Waals surface area contributed by atoms with Gasteiger partial charge in [0.25, 0.3) is 8.32 Å². The predicted octanol–water partition coefficient (Wildman–Crippen LogP) is 4.40. The lowest BCUT2D eigenvalue weighted by Gasteiger charge is -2.46. The summed E-state index contributed by atoms with van der Waals surface area (Å²) in [6, 6.07) is 22.2. The van der Waals surface area contributed by atoms with Crippen molar-refractivity contribution in [2.45, 2.75) is 70.0 Å². The third kappa shape index (κ3) is 3.83. The zero-order valence-electron chi connectivity index (χ0n) is 19.5. The molecule has 1 unspecified atom stereocenters. The van der Waals surface area contributed by atoms with Crippen LogP contribution in [0.25, 0.3) is 0 Å². The first kappa shape index (κ1) is 22.4. The second kappa shape index (κ2) is 8.65. The van der Waals surface area contributed by atoms with Crippen LogP contribution in [-0.4, -0.2) is 44.2 Å². The van der Waals surface area contributed by atoms with Crippen molar-refractivity contribution in [2.75, 3.05) is 13.2 Å². The van der Waals surface area contributed by atoms with Crippen LogP contribution in [0, 0.1) is 5.92 Å². The Balaban J connectivity index is 1.74. The van der Waals surface area contributed by atoms with Crippen molar-refractivity contribution in [1.82, 2.24) is 4.90 Å². The van der Waals surface area contributed by atoms with Gasteiger partial charge < -0.3 is 9.22 Å². The molecular weight excluding hydrogens is 398 g/mol. The van der Waals surface area contributed by atoms with Gasteiger partial charge in [0.1, 0.15) is 6.29 Å². The van der Waals surface area contributed by atoms with E-state index in [9.17, 15) is 4.79 Å². The second-order valence-corrected chi connectivity index (χ2v) is 14.9. The molecule has 0 radical (unpaired) electrons. The fraction of sp³-hybridized carbons (Fsp3) is 0.519. The van der Waals surface area contributed by atoms with Crippen LogP contribution in [0.15, 0.2) is 60.7 Å². The van der Waals surface area contributed by atoms with Gasteiger partial charge in [0, 0.05) is 17.5 Å². The summed E-state index contributed by atoms with van der Waals surface area (Å²) in [5.41, 5.74) is 0.0784. The highest BCUT2D eigenvalue weighted by atomic mass is 28.4. The minimum Gasteiger partial charge on any atom is -0.406 e. The molecule has 2 aliphatic heterocycles. The van der Waals surface area contributed by atoms with Crippen molar-refractivity contribution >= 4 is 25.0 Å². The molecule has 0 aliphatic carbocycles. The number of carbonyl (C=O) groups excluding carboxylic acids is 1. The first-order chi connectivity index (χ1) is 14.8. The molecule has 2 saturated heterocycles. The van der Waals surface area contributed by atoms with Crippen LogP contribution in [0.1, 0.15) is 53.4 Å². The molecule has 0 aromatic heterocycles.